The molecular formula is C24H32B2O4. The minimum absolute atomic E-state index is 0.0589. The number of hydrogen-bond acceptors (Lipinski definition) is 4. The van der Waals surface area contributed by atoms with Crippen LogP contribution in [-0.2, 0) is 19.1 Å². The molecule has 0 spiro atoms. The van der Waals surface area contributed by atoms with Crippen molar-refractivity contribution in [2.45, 2.75) is 44.2 Å². The first-order valence-electron chi connectivity index (χ1n) is 10.7. The highest BCUT2D eigenvalue weighted by Gasteiger charge is 2.25. The number of hydrogen-bond donors (Lipinski definition) is 0. The Bertz CT molecular complexity index is 730. The zero-order chi connectivity index (χ0) is 22.1. The highest BCUT2D eigenvalue weighted by Crippen LogP contribution is 2.28. The summed E-state index contributed by atoms with van der Waals surface area (Å²) in [6, 6.07) is 19.9. The quantitative estimate of drug-likeness (QED) is 0.450. The van der Waals surface area contributed by atoms with E-state index in [1.807, 2.05) is 97.1 Å². The van der Waals surface area contributed by atoms with Crippen LogP contribution in [0.5, 0.6) is 0 Å². The van der Waals surface area contributed by atoms with Crippen molar-refractivity contribution in [2.24, 2.45) is 5.92 Å². The molecule has 0 N–H and O–H groups in total. The van der Waals surface area contributed by atoms with E-state index in [4.69, 9.17) is 9.47 Å². The summed E-state index contributed by atoms with van der Waals surface area (Å²) in [4.78, 5) is 24.8. The lowest BCUT2D eigenvalue weighted by molar-refractivity contribution is -0.148. The molecule has 0 fully saturated rings. The summed E-state index contributed by atoms with van der Waals surface area (Å²) in [7, 11) is 3.77. The third kappa shape index (κ3) is 6.79. The monoisotopic (exact) mass is 406 g/mol. The summed E-state index contributed by atoms with van der Waals surface area (Å²) < 4.78 is 11.0. The first kappa shape index (κ1) is 23.8. The lowest BCUT2D eigenvalue weighted by atomic mass is 9.74. The second-order valence-corrected chi connectivity index (χ2v) is 8.34. The lowest BCUT2D eigenvalue weighted by Gasteiger charge is -2.22. The third-order valence-electron chi connectivity index (χ3n) is 5.91. The van der Waals surface area contributed by atoms with Gasteiger partial charge >= 0.3 is 11.9 Å². The van der Waals surface area contributed by atoms with E-state index in [0.717, 1.165) is 11.1 Å². The van der Waals surface area contributed by atoms with Crippen molar-refractivity contribution in [1.82, 2.24) is 0 Å². The average Bonchev–Trinajstić information content (AvgIpc) is 2.80. The number of carbonyl (C=O) groups is 2. The first-order chi connectivity index (χ1) is 14.3. The summed E-state index contributed by atoms with van der Waals surface area (Å²) >= 11 is 0. The molecule has 0 bridgehead atoms. The number of esters is 2. The van der Waals surface area contributed by atoms with Crippen molar-refractivity contribution in [1.29, 1.82) is 0 Å². The lowest BCUT2D eigenvalue weighted by Crippen LogP contribution is -2.24. The number of ether oxygens (including phenoxy) is 2. The maximum atomic E-state index is 12.4. The van der Waals surface area contributed by atoms with Crippen LogP contribution in [0.15, 0.2) is 60.7 Å². The second-order valence-electron chi connectivity index (χ2n) is 8.34. The average molecular weight is 406 g/mol. The molecule has 0 amide bonds. The van der Waals surface area contributed by atoms with Gasteiger partial charge in [0.25, 0.3) is 0 Å². The van der Waals surface area contributed by atoms with Gasteiger partial charge in [0, 0.05) is 17.6 Å². The van der Waals surface area contributed by atoms with Gasteiger partial charge in [0.05, 0.1) is 13.2 Å². The van der Waals surface area contributed by atoms with Crippen LogP contribution in [0.25, 0.3) is 0 Å². The topological polar surface area (TPSA) is 52.6 Å². The molecule has 2 aromatic carbocycles. The third-order valence-corrected chi connectivity index (χ3v) is 5.91. The van der Waals surface area contributed by atoms with Gasteiger partial charge in [0.15, 0.2) is 0 Å². The van der Waals surface area contributed by atoms with E-state index in [0.29, 0.717) is 0 Å². The minimum Gasteiger partial charge on any atom is -0.466 e. The van der Waals surface area contributed by atoms with Crippen LogP contribution in [0, 0.1) is 5.92 Å². The van der Waals surface area contributed by atoms with E-state index < -0.39 is 0 Å². The molecular weight excluding hydrogens is 374 g/mol. The van der Waals surface area contributed by atoms with Crippen LogP contribution in [0.2, 0.25) is 11.6 Å². The smallest absolute Gasteiger partial charge is 0.301 e. The molecule has 4 atom stereocenters. The van der Waals surface area contributed by atoms with E-state index >= 15 is 0 Å². The summed E-state index contributed by atoms with van der Waals surface area (Å²) in [6.45, 7) is 6.45. The van der Waals surface area contributed by atoms with Crippen molar-refractivity contribution >= 4 is 27.6 Å². The van der Waals surface area contributed by atoms with Gasteiger partial charge in [0.2, 0.25) is 0 Å². The summed E-state index contributed by atoms with van der Waals surface area (Å²) in [5, 5.41) is 0. The van der Waals surface area contributed by atoms with Crippen LogP contribution in [-0.4, -0.2) is 40.8 Å². The maximum Gasteiger partial charge on any atom is 0.301 e. The molecule has 2 aromatic rings. The molecule has 158 valence electrons. The Hall–Kier alpha value is -2.49. The Balaban J connectivity index is 1.75. The van der Waals surface area contributed by atoms with Crippen LogP contribution < -0.4 is 0 Å². The molecule has 0 saturated heterocycles. The molecule has 0 aliphatic heterocycles. The van der Waals surface area contributed by atoms with Gasteiger partial charge in [-0.05, 0) is 23.0 Å². The SMILES string of the molecule is BC(C(=O)OCC(C)COC(=O)C(B)C(C)c1ccccc1)C(C)c1ccccc1. The Kier molecular flexibility index (Phi) is 9.22. The Morgan fingerprint density at radius 2 is 1.03 bits per heavy atom. The Morgan fingerprint density at radius 1 is 0.700 bits per heavy atom. The normalized spacial score (nSPS) is 16.0. The fourth-order valence-electron chi connectivity index (χ4n) is 3.26. The molecule has 0 radical (unpaired) electrons. The van der Waals surface area contributed by atoms with Crippen LogP contribution in [0.4, 0.5) is 0 Å². The van der Waals surface area contributed by atoms with Gasteiger partial charge in [-0.25, -0.2) is 0 Å². The largest absolute Gasteiger partial charge is 0.466 e. The van der Waals surface area contributed by atoms with Gasteiger partial charge in [-0.3, -0.25) is 9.59 Å². The molecule has 4 unspecified atom stereocenters. The fourth-order valence-corrected chi connectivity index (χ4v) is 3.26. The highest BCUT2D eigenvalue weighted by atomic mass is 16.5. The van der Waals surface area contributed by atoms with Crippen molar-refractivity contribution in [2.75, 3.05) is 13.2 Å². The van der Waals surface area contributed by atoms with E-state index in [1.165, 1.54) is 0 Å². The summed E-state index contributed by atoms with van der Waals surface area (Å²) in [6.07, 6.45) is 0. The molecule has 2 rings (SSSR count). The van der Waals surface area contributed by atoms with Crippen molar-refractivity contribution in [3.05, 3.63) is 71.8 Å². The molecule has 0 aliphatic carbocycles. The number of rotatable bonds is 10. The molecule has 0 aliphatic rings. The van der Waals surface area contributed by atoms with Crippen molar-refractivity contribution in [3.63, 3.8) is 0 Å². The molecule has 0 heterocycles. The van der Waals surface area contributed by atoms with Crippen molar-refractivity contribution in [3.8, 4) is 0 Å². The van der Waals surface area contributed by atoms with E-state index in [-0.39, 0.29) is 54.5 Å². The first-order valence-corrected chi connectivity index (χ1v) is 10.7. The van der Waals surface area contributed by atoms with Gasteiger partial charge in [-0.1, -0.05) is 81.4 Å². The molecule has 6 heteroatoms. The molecule has 0 saturated carbocycles. The molecule has 30 heavy (non-hydrogen) atoms. The van der Waals surface area contributed by atoms with Crippen LogP contribution in [0.3, 0.4) is 0 Å². The van der Waals surface area contributed by atoms with Crippen LogP contribution in [0.1, 0.15) is 43.7 Å². The van der Waals surface area contributed by atoms with E-state index in [9.17, 15) is 9.59 Å². The standard InChI is InChI=1S/C24H32B2O4/c1-16(14-29-23(27)21(25)17(2)19-10-6-4-7-11-19)15-30-24(28)22(26)18(3)20-12-8-5-9-13-20/h4-13,16-18,21-22H,14-15,25-26H2,1-3H3. The predicted octanol–water partition coefficient (Wildman–Crippen LogP) is 3.16. The summed E-state index contributed by atoms with van der Waals surface area (Å²) in [5.41, 5.74) is 2.23. The zero-order valence-electron chi connectivity index (χ0n) is 18.7. The fraction of sp³-hybridized carbons (Fsp3) is 0.417. The molecule has 4 nitrogen and oxygen atoms in total. The van der Waals surface area contributed by atoms with Crippen LogP contribution >= 0.6 is 0 Å². The van der Waals surface area contributed by atoms with Gasteiger partial charge in [0.1, 0.15) is 15.7 Å². The predicted molar refractivity (Wildman–Crippen MR) is 125 cm³/mol. The van der Waals surface area contributed by atoms with Gasteiger partial charge in [-0.2, -0.15) is 0 Å². The number of benzene rings is 2. The van der Waals surface area contributed by atoms with Gasteiger partial charge < -0.3 is 9.47 Å². The summed E-state index contributed by atoms with van der Waals surface area (Å²) in [5.74, 6) is -0.843. The van der Waals surface area contributed by atoms with Crippen molar-refractivity contribution < 1.29 is 19.1 Å². The minimum atomic E-state index is -0.242. The highest BCUT2D eigenvalue weighted by molar-refractivity contribution is 6.23. The maximum absolute atomic E-state index is 12.4. The van der Waals surface area contributed by atoms with E-state index in [2.05, 4.69) is 0 Å². The second kappa shape index (κ2) is 11.6. The van der Waals surface area contributed by atoms with Gasteiger partial charge in [-0.15, -0.1) is 0 Å². The Labute approximate surface area is 182 Å². The molecule has 0 aromatic heterocycles. The van der Waals surface area contributed by atoms with E-state index in [1.54, 1.807) is 0 Å². The zero-order valence-corrected chi connectivity index (χ0v) is 18.7. The Morgan fingerprint density at radius 3 is 1.37 bits per heavy atom. The number of carbonyl (C=O) groups excluding carboxylic acids is 2.